The Morgan fingerprint density at radius 3 is 2.65 bits per heavy atom. The number of piperazine rings is 1. The molecule has 1 N–H and O–H groups in total. The van der Waals surface area contributed by atoms with E-state index in [0.29, 0.717) is 31.6 Å². The molecule has 8 heteroatoms. The van der Waals surface area contributed by atoms with Crippen molar-refractivity contribution in [3.05, 3.63) is 40.9 Å². The Balaban J connectivity index is 1.45. The first-order valence-corrected chi connectivity index (χ1v) is 8.64. The van der Waals surface area contributed by atoms with Crippen molar-refractivity contribution in [2.75, 3.05) is 37.6 Å². The Hall–Kier alpha value is -3.08. The zero-order valence-corrected chi connectivity index (χ0v) is 15.0. The van der Waals surface area contributed by atoms with Crippen LogP contribution >= 0.6 is 0 Å². The lowest BCUT2D eigenvalue weighted by atomic mass is 10.1. The summed E-state index contributed by atoms with van der Waals surface area (Å²) in [5, 5.41) is 15.7. The smallest absolute Gasteiger partial charge is 0.317 e. The highest BCUT2D eigenvalue weighted by Crippen LogP contribution is 2.14. The van der Waals surface area contributed by atoms with Crippen LogP contribution in [0.3, 0.4) is 0 Å². The average Bonchev–Trinajstić information content (AvgIpc) is 3.00. The first-order valence-electron chi connectivity index (χ1n) is 8.64. The fourth-order valence-corrected chi connectivity index (χ4v) is 3.04. The van der Waals surface area contributed by atoms with Crippen molar-refractivity contribution in [3.63, 3.8) is 0 Å². The number of nitriles is 1. The second-order valence-electron chi connectivity index (χ2n) is 6.28. The first-order chi connectivity index (χ1) is 12.6. The van der Waals surface area contributed by atoms with E-state index in [0.717, 1.165) is 35.9 Å². The number of hydrogen-bond donors (Lipinski definition) is 1. The lowest BCUT2D eigenvalue weighted by Gasteiger charge is -2.35. The van der Waals surface area contributed by atoms with Crippen molar-refractivity contribution in [1.29, 1.82) is 5.26 Å². The van der Waals surface area contributed by atoms with Crippen LogP contribution in [0.25, 0.3) is 0 Å². The Morgan fingerprint density at radius 2 is 2.08 bits per heavy atom. The standard InChI is InChI=1S/C18H22N6O2/c1-13-16(14(2)26-22-13)5-6-20-18(25)24-9-7-23(8-10-24)17-4-3-15(11-19)12-21-17/h3-4,12H,5-10H2,1-2H3,(H,20,25). The highest BCUT2D eigenvalue weighted by atomic mass is 16.5. The average molecular weight is 354 g/mol. The van der Waals surface area contributed by atoms with E-state index in [9.17, 15) is 4.79 Å². The number of aryl methyl sites for hydroxylation is 2. The van der Waals surface area contributed by atoms with E-state index < -0.39 is 0 Å². The number of aromatic nitrogens is 2. The van der Waals surface area contributed by atoms with Gasteiger partial charge in [-0.2, -0.15) is 5.26 Å². The van der Waals surface area contributed by atoms with Crippen LogP contribution in [0, 0.1) is 25.2 Å². The third-order valence-electron chi connectivity index (χ3n) is 4.60. The largest absolute Gasteiger partial charge is 0.361 e. The molecule has 136 valence electrons. The molecule has 1 fully saturated rings. The Bertz CT molecular complexity index is 781. The van der Waals surface area contributed by atoms with Gasteiger partial charge in [-0.15, -0.1) is 0 Å². The third kappa shape index (κ3) is 3.94. The second-order valence-corrected chi connectivity index (χ2v) is 6.28. The topological polar surface area (TPSA) is 98.3 Å². The molecule has 0 bridgehead atoms. The molecule has 26 heavy (non-hydrogen) atoms. The molecule has 2 amide bonds. The molecule has 1 saturated heterocycles. The van der Waals surface area contributed by atoms with Crippen molar-refractivity contribution in [3.8, 4) is 6.07 Å². The van der Waals surface area contributed by atoms with Gasteiger partial charge in [-0.05, 0) is 32.4 Å². The highest BCUT2D eigenvalue weighted by Gasteiger charge is 2.21. The molecular formula is C18H22N6O2. The van der Waals surface area contributed by atoms with Crippen molar-refractivity contribution in [2.45, 2.75) is 20.3 Å². The molecule has 0 radical (unpaired) electrons. The highest BCUT2D eigenvalue weighted by molar-refractivity contribution is 5.74. The van der Waals surface area contributed by atoms with E-state index >= 15 is 0 Å². The molecule has 0 spiro atoms. The minimum absolute atomic E-state index is 0.0517. The molecule has 0 atom stereocenters. The predicted octanol–water partition coefficient (Wildman–Crippen LogP) is 1.63. The molecule has 0 unspecified atom stereocenters. The SMILES string of the molecule is Cc1noc(C)c1CCNC(=O)N1CCN(c2ccc(C#N)cn2)CC1. The lowest BCUT2D eigenvalue weighted by Crippen LogP contribution is -2.52. The second kappa shape index (κ2) is 7.87. The molecule has 8 nitrogen and oxygen atoms in total. The minimum Gasteiger partial charge on any atom is -0.361 e. The van der Waals surface area contributed by atoms with Crippen LogP contribution in [0.15, 0.2) is 22.9 Å². The van der Waals surface area contributed by atoms with Crippen LogP contribution in [0.2, 0.25) is 0 Å². The summed E-state index contributed by atoms with van der Waals surface area (Å²) in [4.78, 5) is 20.6. The van der Waals surface area contributed by atoms with E-state index in [1.165, 1.54) is 0 Å². The summed E-state index contributed by atoms with van der Waals surface area (Å²) in [5.41, 5.74) is 2.48. The van der Waals surface area contributed by atoms with Gasteiger partial charge in [-0.1, -0.05) is 5.16 Å². The van der Waals surface area contributed by atoms with Crippen LogP contribution in [-0.4, -0.2) is 53.8 Å². The van der Waals surface area contributed by atoms with Crippen molar-refractivity contribution >= 4 is 11.8 Å². The van der Waals surface area contributed by atoms with Gasteiger partial charge >= 0.3 is 6.03 Å². The predicted molar refractivity (Wildman–Crippen MR) is 95.8 cm³/mol. The number of rotatable bonds is 4. The van der Waals surface area contributed by atoms with Crippen molar-refractivity contribution < 1.29 is 9.32 Å². The van der Waals surface area contributed by atoms with Gasteiger partial charge < -0.3 is 19.6 Å². The van der Waals surface area contributed by atoms with Gasteiger partial charge in [0, 0.05) is 44.5 Å². The van der Waals surface area contributed by atoms with Gasteiger partial charge in [0.05, 0.1) is 11.3 Å². The molecule has 2 aromatic rings. The summed E-state index contributed by atoms with van der Waals surface area (Å²) in [6.45, 7) is 7.06. The Labute approximate surface area is 152 Å². The number of carbonyl (C=O) groups excluding carboxylic acids is 1. The third-order valence-corrected chi connectivity index (χ3v) is 4.60. The number of pyridine rings is 1. The first kappa shape index (κ1) is 17.7. The number of anilines is 1. The molecule has 1 aliphatic heterocycles. The van der Waals surface area contributed by atoms with Gasteiger partial charge in [0.2, 0.25) is 0 Å². The van der Waals surface area contributed by atoms with Crippen LogP contribution in [0.1, 0.15) is 22.6 Å². The number of urea groups is 1. The van der Waals surface area contributed by atoms with Gasteiger partial charge in [0.1, 0.15) is 17.6 Å². The number of amides is 2. The lowest BCUT2D eigenvalue weighted by molar-refractivity contribution is 0.194. The fourth-order valence-electron chi connectivity index (χ4n) is 3.04. The maximum absolute atomic E-state index is 12.3. The molecule has 0 saturated carbocycles. The maximum atomic E-state index is 12.3. The maximum Gasteiger partial charge on any atom is 0.317 e. The van der Waals surface area contributed by atoms with Crippen molar-refractivity contribution in [2.24, 2.45) is 0 Å². The number of nitrogens with one attached hydrogen (secondary N) is 1. The van der Waals surface area contributed by atoms with E-state index in [1.807, 2.05) is 24.8 Å². The van der Waals surface area contributed by atoms with Crippen LogP contribution in [0.5, 0.6) is 0 Å². The Morgan fingerprint density at radius 1 is 1.31 bits per heavy atom. The van der Waals surface area contributed by atoms with E-state index in [-0.39, 0.29) is 6.03 Å². The monoisotopic (exact) mass is 354 g/mol. The van der Waals surface area contributed by atoms with Gasteiger partial charge in [0.15, 0.2) is 0 Å². The number of hydrogen-bond acceptors (Lipinski definition) is 6. The summed E-state index contributed by atoms with van der Waals surface area (Å²) in [6.07, 6.45) is 2.28. The van der Waals surface area contributed by atoms with Crippen LogP contribution in [0.4, 0.5) is 10.6 Å². The molecule has 0 aliphatic carbocycles. The van der Waals surface area contributed by atoms with E-state index in [1.54, 1.807) is 12.3 Å². The molecule has 3 heterocycles. The summed E-state index contributed by atoms with van der Waals surface area (Å²) in [6, 6.07) is 5.62. The van der Waals surface area contributed by atoms with Gasteiger partial charge in [-0.3, -0.25) is 0 Å². The van der Waals surface area contributed by atoms with Crippen LogP contribution in [-0.2, 0) is 6.42 Å². The minimum atomic E-state index is -0.0517. The molecule has 2 aromatic heterocycles. The summed E-state index contributed by atoms with van der Waals surface area (Å²) < 4.78 is 5.14. The fraction of sp³-hybridized carbons (Fsp3) is 0.444. The van der Waals surface area contributed by atoms with E-state index in [4.69, 9.17) is 9.78 Å². The summed E-state index contributed by atoms with van der Waals surface area (Å²) in [7, 11) is 0. The summed E-state index contributed by atoms with van der Waals surface area (Å²) >= 11 is 0. The molecule has 1 aliphatic rings. The van der Waals surface area contributed by atoms with Gasteiger partial charge in [0.25, 0.3) is 0 Å². The number of carbonyl (C=O) groups is 1. The zero-order chi connectivity index (χ0) is 18.5. The molecular weight excluding hydrogens is 332 g/mol. The molecule has 0 aromatic carbocycles. The van der Waals surface area contributed by atoms with Crippen LogP contribution < -0.4 is 10.2 Å². The normalized spacial score (nSPS) is 14.2. The quantitative estimate of drug-likeness (QED) is 0.896. The Kier molecular flexibility index (Phi) is 5.37. The zero-order valence-electron chi connectivity index (χ0n) is 15.0. The van der Waals surface area contributed by atoms with Crippen molar-refractivity contribution in [1.82, 2.24) is 20.4 Å². The number of nitrogens with zero attached hydrogens (tertiary/aromatic N) is 5. The van der Waals surface area contributed by atoms with E-state index in [2.05, 4.69) is 26.4 Å². The molecule has 3 rings (SSSR count). The van der Waals surface area contributed by atoms with Gasteiger partial charge in [-0.25, -0.2) is 9.78 Å². The summed E-state index contributed by atoms with van der Waals surface area (Å²) in [5.74, 6) is 1.64.